The van der Waals surface area contributed by atoms with Crippen molar-refractivity contribution < 1.29 is 13.7 Å². The predicted molar refractivity (Wildman–Crippen MR) is 84.7 cm³/mol. The summed E-state index contributed by atoms with van der Waals surface area (Å²) >= 11 is 1.72. The van der Waals surface area contributed by atoms with Crippen LogP contribution < -0.4 is 0 Å². The third-order valence-electron chi connectivity index (χ3n) is 3.96. The summed E-state index contributed by atoms with van der Waals surface area (Å²) in [5.41, 5.74) is 1.70. The highest BCUT2D eigenvalue weighted by molar-refractivity contribution is 7.10. The second-order valence-corrected chi connectivity index (χ2v) is 6.40. The van der Waals surface area contributed by atoms with Gasteiger partial charge in [0, 0.05) is 24.0 Å². The summed E-state index contributed by atoms with van der Waals surface area (Å²) in [4.78, 5) is 15.7. The SMILES string of the molecule is O=C(c1cc(-c2ccccc2F)on1)N1CCc2sccc2C1. The summed E-state index contributed by atoms with van der Waals surface area (Å²) in [6.07, 6.45) is 0.858. The van der Waals surface area contributed by atoms with Crippen molar-refractivity contribution in [2.45, 2.75) is 13.0 Å². The molecular formula is C17H13FN2O2S. The van der Waals surface area contributed by atoms with Gasteiger partial charge in [-0.25, -0.2) is 4.39 Å². The molecule has 0 saturated heterocycles. The number of rotatable bonds is 2. The Morgan fingerprint density at radius 1 is 1.30 bits per heavy atom. The molecule has 4 rings (SSSR count). The average molecular weight is 328 g/mol. The maximum Gasteiger partial charge on any atom is 0.276 e. The van der Waals surface area contributed by atoms with Crippen molar-refractivity contribution in [1.82, 2.24) is 10.1 Å². The van der Waals surface area contributed by atoms with Crippen molar-refractivity contribution in [1.29, 1.82) is 0 Å². The zero-order chi connectivity index (χ0) is 15.8. The fraction of sp³-hybridized carbons (Fsp3) is 0.176. The number of carbonyl (C=O) groups excluding carboxylic acids is 1. The van der Waals surface area contributed by atoms with E-state index in [1.54, 1.807) is 34.4 Å². The van der Waals surface area contributed by atoms with E-state index in [2.05, 4.69) is 5.16 Å². The Bertz CT molecular complexity index is 871. The highest BCUT2D eigenvalue weighted by Crippen LogP contribution is 2.27. The Kier molecular flexibility index (Phi) is 3.46. The lowest BCUT2D eigenvalue weighted by molar-refractivity contribution is 0.0725. The van der Waals surface area contributed by atoms with Gasteiger partial charge in [0.15, 0.2) is 11.5 Å². The van der Waals surface area contributed by atoms with Crippen LogP contribution in [0.4, 0.5) is 4.39 Å². The first-order valence-electron chi connectivity index (χ1n) is 7.28. The quantitative estimate of drug-likeness (QED) is 0.720. The van der Waals surface area contributed by atoms with Crippen LogP contribution in [-0.2, 0) is 13.0 Å². The number of benzene rings is 1. The van der Waals surface area contributed by atoms with Gasteiger partial charge in [-0.2, -0.15) is 0 Å². The minimum absolute atomic E-state index is 0.187. The monoisotopic (exact) mass is 328 g/mol. The molecule has 1 amide bonds. The van der Waals surface area contributed by atoms with Gasteiger partial charge in [-0.1, -0.05) is 17.3 Å². The van der Waals surface area contributed by atoms with Gasteiger partial charge in [-0.3, -0.25) is 4.79 Å². The zero-order valence-electron chi connectivity index (χ0n) is 12.2. The van der Waals surface area contributed by atoms with E-state index in [1.165, 1.54) is 22.6 Å². The Balaban J connectivity index is 1.58. The Hall–Kier alpha value is -2.47. The lowest BCUT2D eigenvalue weighted by Crippen LogP contribution is -2.35. The van der Waals surface area contributed by atoms with Gasteiger partial charge < -0.3 is 9.42 Å². The molecule has 116 valence electrons. The molecule has 0 unspecified atom stereocenters. The predicted octanol–water partition coefficient (Wildman–Crippen LogP) is 3.74. The van der Waals surface area contributed by atoms with E-state index in [9.17, 15) is 9.18 Å². The topological polar surface area (TPSA) is 46.3 Å². The second kappa shape index (κ2) is 5.62. The van der Waals surface area contributed by atoms with Crippen LogP contribution in [0.15, 0.2) is 46.3 Å². The van der Waals surface area contributed by atoms with Gasteiger partial charge in [-0.15, -0.1) is 11.3 Å². The van der Waals surface area contributed by atoms with Crippen LogP contribution in [0.25, 0.3) is 11.3 Å². The number of nitrogens with zero attached hydrogens (tertiary/aromatic N) is 2. The first-order valence-corrected chi connectivity index (χ1v) is 8.16. The molecule has 0 aliphatic carbocycles. The van der Waals surface area contributed by atoms with Crippen molar-refractivity contribution >= 4 is 17.2 Å². The Morgan fingerprint density at radius 2 is 2.17 bits per heavy atom. The lowest BCUT2D eigenvalue weighted by atomic mass is 10.1. The van der Waals surface area contributed by atoms with E-state index in [1.807, 2.05) is 11.4 Å². The summed E-state index contributed by atoms with van der Waals surface area (Å²) in [5, 5.41) is 5.87. The number of amides is 1. The molecule has 3 heterocycles. The van der Waals surface area contributed by atoms with Gasteiger partial charge in [0.2, 0.25) is 0 Å². The summed E-state index contributed by atoms with van der Waals surface area (Å²) in [6.45, 7) is 1.24. The van der Waals surface area contributed by atoms with Crippen molar-refractivity contribution in [2.75, 3.05) is 6.54 Å². The summed E-state index contributed by atoms with van der Waals surface area (Å²) in [6, 6.07) is 9.82. The maximum atomic E-state index is 13.8. The van der Waals surface area contributed by atoms with Crippen LogP contribution in [0.1, 0.15) is 20.9 Å². The van der Waals surface area contributed by atoms with Gasteiger partial charge in [-0.05, 0) is 35.6 Å². The standard InChI is InChI=1S/C17H13FN2O2S/c18-13-4-2-1-3-12(13)15-9-14(19-22-15)17(21)20-7-5-16-11(10-20)6-8-23-16/h1-4,6,8-9H,5,7,10H2. The normalized spacial score (nSPS) is 13.9. The molecule has 0 atom stereocenters. The van der Waals surface area contributed by atoms with E-state index in [4.69, 9.17) is 4.52 Å². The van der Waals surface area contributed by atoms with Crippen LogP contribution >= 0.6 is 11.3 Å². The minimum Gasteiger partial charge on any atom is -0.355 e. The van der Waals surface area contributed by atoms with E-state index in [0.29, 0.717) is 18.7 Å². The lowest BCUT2D eigenvalue weighted by Gasteiger charge is -2.26. The van der Waals surface area contributed by atoms with E-state index in [-0.39, 0.29) is 17.4 Å². The molecule has 6 heteroatoms. The number of thiophene rings is 1. The smallest absolute Gasteiger partial charge is 0.276 e. The molecule has 1 aromatic carbocycles. The largest absolute Gasteiger partial charge is 0.355 e. The number of halogens is 1. The van der Waals surface area contributed by atoms with Crippen molar-refractivity contribution in [2.24, 2.45) is 0 Å². The first kappa shape index (κ1) is 14.1. The molecule has 0 N–H and O–H groups in total. The number of hydrogen-bond acceptors (Lipinski definition) is 4. The third-order valence-corrected chi connectivity index (χ3v) is 4.99. The van der Waals surface area contributed by atoms with Crippen molar-refractivity contribution in [3.05, 3.63) is 63.7 Å². The van der Waals surface area contributed by atoms with Gasteiger partial charge in [0.1, 0.15) is 5.82 Å². The highest BCUT2D eigenvalue weighted by Gasteiger charge is 2.25. The number of aromatic nitrogens is 1. The highest BCUT2D eigenvalue weighted by atomic mass is 32.1. The van der Waals surface area contributed by atoms with Crippen molar-refractivity contribution in [3.8, 4) is 11.3 Å². The number of carbonyl (C=O) groups is 1. The maximum absolute atomic E-state index is 13.8. The molecule has 23 heavy (non-hydrogen) atoms. The molecule has 0 fully saturated rings. The number of fused-ring (bicyclic) bond motifs is 1. The molecule has 0 bridgehead atoms. The summed E-state index contributed by atoms with van der Waals surface area (Å²) in [5.74, 6) is -0.323. The minimum atomic E-state index is -0.400. The Morgan fingerprint density at radius 3 is 3.04 bits per heavy atom. The molecule has 3 aromatic rings. The Labute approximate surface area is 136 Å². The van der Waals surface area contributed by atoms with Gasteiger partial charge in [0.25, 0.3) is 5.91 Å². The fourth-order valence-electron chi connectivity index (χ4n) is 2.75. The molecule has 4 nitrogen and oxygen atoms in total. The third kappa shape index (κ3) is 2.55. The van der Waals surface area contributed by atoms with E-state index in [0.717, 1.165) is 6.42 Å². The van der Waals surface area contributed by atoms with Crippen LogP contribution in [0, 0.1) is 5.82 Å². The van der Waals surface area contributed by atoms with Crippen LogP contribution in [0.2, 0.25) is 0 Å². The molecule has 1 aliphatic rings. The average Bonchev–Trinajstić information content (AvgIpc) is 3.23. The van der Waals surface area contributed by atoms with E-state index >= 15 is 0 Å². The van der Waals surface area contributed by atoms with E-state index < -0.39 is 5.82 Å². The second-order valence-electron chi connectivity index (χ2n) is 5.40. The van der Waals surface area contributed by atoms with Crippen LogP contribution in [-0.4, -0.2) is 22.5 Å². The summed E-state index contributed by atoms with van der Waals surface area (Å²) < 4.78 is 19.0. The molecule has 2 aromatic heterocycles. The molecule has 0 spiro atoms. The zero-order valence-corrected chi connectivity index (χ0v) is 13.0. The fourth-order valence-corrected chi connectivity index (χ4v) is 3.64. The van der Waals surface area contributed by atoms with Crippen LogP contribution in [0.3, 0.4) is 0 Å². The number of hydrogen-bond donors (Lipinski definition) is 0. The first-order chi connectivity index (χ1) is 11.2. The summed E-state index contributed by atoms with van der Waals surface area (Å²) in [7, 11) is 0. The molecule has 1 aliphatic heterocycles. The molecule has 0 saturated carbocycles. The molecule has 0 radical (unpaired) electrons. The van der Waals surface area contributed by atoms with Gasteiger partial charge >= 0.3 is 0 Å². The van der Waals surface area contributed by atoms with Crippen LogP contribution in [0.5, 0.6) is 0 Å². The molecular weight excluding hydrogens is 315 g/mol. The van der Waals surface area contributed by atoms with Gasteiger partial charge in [0.05, 0.1) is 5.56 Å². The van der Waals surface area contributed by atoms with Crippen molar-refractivity contribution in [3.63, 3.8) is 0 Å².